The Balaban J connectivity index is 3.10. The maximum Gasteiger partial charge on any atom is 0.346 e. The largest absolute Gasteiger partial charge is 0.507 e. The minimum Gasteiger partial charge on any atom is -0.507 e. The summed E-state index contributed by atoms with van der Waals surface area (Å²) in [6, 6.07) is 2.48. The molecular formula is C9H11ClN3O3+. The van der Waals surface area contributed by atoms with Gasteiger partial charge in [-0.15, -0.1) is 0 Å². The third-order valence-corrected chi connectivity index (χ3v) is 2.07. The Kier molecular flexibility index (Phi) is 3.57. The maximum atomic E-state index is 11.5. The number of aromatic hydroxyl groups is 1. The summed E-state index contributed by atoms with van der Waals surface area (Å²) in [4.78, 5) is 11.5. The number of hydrogen-bond donors (Lipinski definition) is 4. The van der Waals surface area contributed by atoms with E-state index < -0.39 is 5.91 Å². The van der Waals surface area contributed by atoms with Crippen LogP contribution in [0, 0.1) is 0 Å². The first-order valence-electron chi connectivity index (χ1n) is 4.21. The molecule has 0 aromatic heterocycles. The lowest BCUT2D eigenvalue weighted by Crippen LogP contribution is -2.56. The Morgan fingerprint density at radius 3 is 2.75 bits per heavy atom. The van der Waals surface area contributed by atoms with E-state index in [1.807, 2.05) is 0 Å². The molecule has 16 heavy (non-hydrogen) atoms. The third kappa shape index (κ3) is 2.54. The van der Waals surface area contributed by atoms with Crippen LogP contribution in [0.3, 0.4) is 0 Å². The summed E-state index contributed by atoms with van der Waals surface area (Å²) < 4.78 is 4.86. The number of carbonyl (C=O) groups is 1. The molecule has 0 aliphatic heterocycles. The molecule has 0 fully saturated rings. The van der Waals surface area contributed by atoms with E-state index in [-0.39, 0.29) is 28.0 Å². The molecule has 0 unspecified atom stereocenters. The van der Waals surface area contributed by atoms with Crippen LogP contribution in [-0.2, 0) is 0 Å². The van der Waals surface area contributed by atoms with Crippen molar-refractivity contribution in [2.24, 2.45) is 5.73 Å². The molecule has 0 saturated heterocycles. The second-order valence-corrected chi connectivity index (χ2v) is 3.32. The number of guanidine groups is 1. The van der Waals surface area contributed by atoms with E-state index in [9.17, 15) is 9.90 Å². The quantitative estimate of drug-likeness (QED) is 0.389. The summed E-state index contributed by atoms with van der Waals surface area (Å²) in [7, 11) is 1.39. The van der Waals surface area contributed by atoms with E-state index >= 15 is 0 Å². The van der Waals surface area contributed by atoms with Crippen LogP contribution in [0.15, 0.2) is 12.1 Å². The first-order chi connectivity index (χ1) is 7.45. The molecule has 86 valence electrons. The highest BCUT2D eigenvalue weighted by molar-refractivity contribution is 6.32. The molecule has 1 rings (SSSR count). The zero-order chi connectivity index (χ0) is 12.3. The second-order valence-electron chi connectivity index (χ2n) is 2.91. The average Bonchev–Trinajstić information content (AvgIpc) is 2.19. The number of hydrogen-bond acceptors (Lipinski definition) is 3. The number of rotatable bonds is 2. The highest BCUT2D eigenvalue weighted by atomic mass is 35.5. The molecule has 1 aromatic rings. The summed E-state index contributed by atoms with van der Waals surface area (Å²) in [6.45, 7) is 0. The van der Waals surface area contributed by atoms with Gasteiger partial charge in [-0.25, -0.2) is 5.32 Å². The van der Waals surface area contributed by atoms with E-state index in [1.165, 1.54) is 19.2 Å². The van der Waals surface area contributed by atoms with Crippen LogP contribution < -0.4 is 21.2 Å². The number of ether oxygens (including phenoxy) is 1. The number of carbonyl (C=O) groups excluding carboxylic acids is 1. The zero-order valence-corrected chi connectivity index (χ0v) is 9.21. The predicted molar refractivity (Wildman–Crippen MR) is 58.3 cm³/mol. The van der Waals surface area contributed by atoms with Crippen LogP contribution in [0.2, 0.25) is 5.02 Å². The number of halogens is 1. The lowest BCUT2D eigenvalue weighted by Gasteiger charge is -2.06. The number of phenolic OH excluding ortho intramolecular Hbond substituents is 1. The molecule has 6 nitrogen and oxygen atoms in total. The molecule has 1 amide bonds. The normalized spacial score (nSPS) is 9.62. The van der Waals surface area contributed by atoms with Crippen LogP contribution >= 0.6 is 11.6 Å². The van der Waals surface area contributed by atoms with Crippen LogP contribution in [-0.4, -0.2) is 24.1 Å². The zero-order valence-electron chi connectivity index (χ0n) is 8.45. The van der Waals surface area contributed by atoms with Gasteiger partial charge < -0.3 is 9.84 Å². The Morgan fingerprint density at radius 1 is 1.62 bits per heavy atom. The Hall–Kier alpha value is -1.95. The molecule has 0 aliphatic rings. The van der Waals surface area contributed by atoms with Crippen molar-refractivity contribution in [3.8, 4) is 11.5 Å². The first-order valence-corrected chi connectivity index (χ1v) is 4.59. The van der Waals surface area contributed by atoms with Gasteiger partial charge in [-0.2, -0.15) is 0 Å². The number of amides is 1. The summed E-state index contributed by atoms with van der Waals surface area (Å²) in [5.41, 5.74) is 5.06. The SMILES string of the molecule is COc1cc(O)c(C(=O)NC(N)=[NH2+])cc1Cl. The van der Waals surface area contributed by atoms with Crippen molar-refractivity contribution < 1.29 is 20.0 Å². The number of methoxy groups -OCH3 is 1. The minimum atomic E-state index is -0.651. The highest BCUT2D eigenvalue weighted by Gasteiger charge is 2.18. The summed E-state index contributed by atoms with van der Waals surface area (Å²) in [5.74, 6) is -0.932. The fourth-order valence-corrected chi connectivity index (χ4v) is 1.32. The molecule has 0 aliphatic carbocycles. The Labute approximate surface area is 96.5 Å². The van der Waals surface area contributed by atoms with Crippen molar-refractivity contribution in [2.45, 2.75) is 0 Å². The minimum absolute atomic E-state index is 0.0424. The lowest BCUT2D eigenvalue weighted by molar-refractivity contribution is -0.119. The summed E-state index contributed by atoms with van der Waals surface area (Å²) in [6.07, 6.45) is 0. The fourth-order valence-electron chi connectivity index (χ4n) is 1.08. The predicted octanol–water partition coefficient (Wildman–Crippen LogP) is -1.14. The van der Waals surface area contributed by atoms with Gasteiger partial charge in [-0.3, -0.25) is 15.9 Å². The van der Waals surface area contributed by atoms with Crippen molar-refractivity contribution in [3.05, 3.63) is 22.7 Å². The Bertz CT molecular complexity index is 448. The van der Waals surface area contributed by atoms with Gasteiger partial charge in [0.05, 0.1) is 17.7 Å². The first kappa shape index (κ1) is 12.1. The van der Waals surface area contributed by atoms with Crippen LogP contribution in [0.25, 0.3) is 0 Å². The van der Waals surface area contributed by atoms with Gasteiger partial charge in [0.2, 0.25) is 0 Å². The number of nitrogens with two attached hydrogens (primary N) is 2. The smallest absolute Gasteiger partial charge is 0.346 e. The maximum absolute atomic E-state index is 11.5. The fraction of sp³-hybridized carbons (Fsp3) is 0.111. The van der Waals surface area contributed by atoms with Gasteiger partial charge in [0.1, 0.15) is 11.5 Å². The van der Waals surface area contributed by atoms with Crippen molar-refractivity contribution in [3.63, 3.8) is 0 Å². The summed E-state index contributed by atoms with van der Waals surface area (Å²) in [5, 5.41) is 17.0. The summed E-state index contributed by atoms with van der Waals surface area (Å²) >= 11 is 5.80. The highest BCUT2D eigenvalue weighted by Crippen LogP contribution is 2.31. The van der Waals surface area contributed by atoms with Crippen molar-refractivity contribution in [1.29, 1.82) is 0 Å². The third-order valence-electron chi connectivity index (χ3n) is 1.77. The number of phenols is 1. The van der Waals surface area contributed by atoms with E-state index in [0.29, 0.717) is 0 Å². The topological polar surface area (TPSA) is 110 Å². The monoisotopic (exact) mass is 244 g/mol. The van der Waals surface area contributed by atoms with E-state index in [1.54, 1.807) is 0 Å². The molecule has 0 radical (unpaired) electrons. The molecule has 0 saturated carbocycles. The number of nitrogens with one attached hydrogen (secondary N) is 1. The Morgan fingerprint density at radius 2 is 2.25 bits per heavy atom. The molecule has 0 spiro atoms. The van der Waals surface area contributed by atoms with Crippen molar-refractivity contribution in [2.75, 3.05) is 7.11 Å². The second kappa shape index (κ2) is 4.71. The molecule has 1 aromatic carbocycles. The molecule has 0 heterocycles. The molecule has 6 N–H and O–H groups in total. The lowest BCUT2D eigenvalue weighted by atomic mass is 10.2. The molecular weight excluding hydrogens is 234 g/mol. The van der Waals surface area contributed by atoms with Crippen LogP contribution in [0.5, 0.6) is 11.5 Å². The molecule has 0 atom stereocenters. The molecule has 7 heteroatoms. The van der Waals surface area contributed by atoms with E-state index in [0.717, 1.165) is 0 Å². The number of benzene rings is 1. The standard InChI is InChI=1S/C9H10ClN3O3/c1-16-7-3-6(14)4(2-5(7)10)8(15)13-9(11)12/h2-3,14H,1H3,(H4,11,12,13,15)/p+1. The van der Waals surface area contributed by atoms with Gasteiger partial charge in [0.25, 0.3) is 0 Å². The van der Waals surface area contributed by atoms with Crippen molar-refractivity contribution >= 4 is 23.5 Å². The van der Waals surface area contributed by atoms with E-state index in [4.69, 9.17) is 27.5 Å². The van der Waals surface area contributed by atoms with Gasteiger partial charge in [0, 0.05) is 6.07 Å². The van der Waals surface area contributed by atoms with Crippen LogP contribution in [0.1, 0.15) is 10.4 Å². The van der Waals surface area contributed by atoms with E-state index in [2.05, 4.69) is 5.32 Å². The molecule has 0 bridgehead atoms. The van der Waals surface area contributed by atoms with Crippen molar-refractivity contribution in [1.82, 2.24) is 5.32 Å². The van der Waals surface area contributed by atoms with Gasteiger partial charge in [-0.05, 0) is 6.07 Å². The van der Waals surface area contributed by atoms with Gasteiger partial charge in [0.15, 0.2) is 0 Å². The van der Waals surface area contributed by atoms with Gasteiger partial charge in [-0.1, -0.05) is 11.6 Å². The van der Waals surface area contributed by atoms with Gasteiger partial charge >= 0.3 is 11.9 Å². The average molecular weight is 245 g/mol. The van der Waals surface area contributed by atoms with Crippen LogP contribution in [0.4, 0.5) is 0 Å².